The Morgan fingerprint density at radius 2 is 1.71 bits per heavy atom. The second-order valence-corrected chi connectivity index (χ2v) is 10.2. The average molecular weight is 540 g/mol. The summed E-state index contributed by atoms with van der Waals surface area (Å²) in [7, 11) is 0. The predicted octanol–water partition coefficient (Wildman–Crippen LogP) is 7.45. The molecule has 1 aliphatic rings. The molecule has 0 spiro atoms. The van der Waals surface area contributed by atoms with Crippen molar-refractivity contribution in [2.24, 2.45) is 5.92 Å². The Hall–Kier alpha value is -3.78. The summed E-state index contributed by atoms with van der Waals surface area (Å²) in [4.78, 5) is 16.0. The number of carbonyl (C=O) groups is 1. The van der Waals surface area contributed by atoms with Crippen molar-refractivity contribution in [3.05, 3.63) is 98.7 Å². The molecule has 0 saturated heterocycles. The minimum Gasteiger partial charge on any atom is -0.710 e. The number of carbonyl (C=O) groups excluding carboxylic acids is 1. The van der Waals surface area contributed by atoms with Crippen molar-refractivity contribution in [3.63, 3.8) is 0 Å². The summed E-state index contributed by atoms with van der Waals surface area (Å²) in [6.07, 6.45) is 0.921. The van der Waals surface area contributed by atoms with Crippen LogP contribution in [0.3, 0.4) is 0 Å². The zero-order chi connectivity index (χ0) is 27.4. The maximum atomic E-state index is 15.0. The lowest BCUT2D eigenvalue weighted by Crippen LogP contribution is -2.36. The van der Waals surface area contributed by atoms with E-state index in [-0.39, 0.29) is 44.6 Å². The number of imidazole rings is 1. The van der Waals surface area contributed by atoms with Gasteiger partial charge in [0.05, 0.1) is 10.6 Å². The monoisotopic (exact) mass is 539 g/mol. The van der Waals surface area contributed by atoms with Gasteiger partial charge >= 0.3 is 0 Å². The summed E-state index contributed by atoms with van der Waals surface area (Å²) >= 11 is 6.35. The number of H-pyrrole nitrogens is 1. The number of benzene rings is 3. The Morgan fingerprint density at radius 1 is 1.05 bits per heavy atom. The molecule has 1 aliphatic carbocycles. The molecule has 0 radical (unpaired) electrons. The van der Waals surface area contributed by atoms with Gasteiger partial charge in [-0.15, -0.1) is 0 Å². The fourth-order valence-electron chi connectivity index (χ4n) is 4.83. The van der Waals surface area contributed by atoms with Gasteiger partial charge in [0.25, 0.3) is 17.7 Å². The highest BCUT2D eigenvalue weighted by Crippen LogP contribution is 2.50. The Bertz CT molecular complexity index is 1560. The lowest BCUT2D eigenvalue weighted by Gasteiger charge is -2.17. The molecule has 5 rings (SSSR count). The fraction of sp³-hybridized carbons (Fsp3) is 0.241. The van der Waals surface area contributed by atoms with Crippen LogP contribution in [0.1, 0.15) is 45.7 Å². The van der Waals surface area contributed by atoms with Crippen LogP contribution in [-0.4, -0.2) is 10.9 Å². The molecule has 0 unspecified atom stereocenters. The van der Waals surface area contributed by atoms with Crippen LogP contribution in [0.2, 0.25) is 5.02 Å². The van der Waals surface area contributed by atoms with Crippen LogP contribution in [0.25, 0.3) is 22.5 Å². The molecular formula is C29H25ClF3N3O2. The van der Waals surface area contributed by atoms with E-state index < -0.39 is 23.6 Å². The highest BCUT2D eigenvalue weighted by Gasteiger charge is 2.48. The van der Waals surface area contributed by atoms with Crippen molar-refractivity contribution in [3.8, 4) is 22.5 Å². The van der Waals surface area contributed by atoms with Crippen molar-refractivity contribution < 1.29 is 22.7 Å². The molecule has 5 nitrogen and oxygen atoms in total. The molecule has 1 heterocycles. The SMILES string of the molecule is Cc1cccc(C)c1-c1cc(-c2[nH]c(C)c(C(=O)Nc3cccc(C(F)(F)C4CC4)c3)[n+]2[O-])c(Cl)cc1F. The highest BCUT2D eigenvalue weighted by molar-refractivity contribution is 6.33. The van der Waals surface area contributed by atoms with Crippen LogP contribution in [0.4, 0.5) is 18.9 Å². The number of hydrogen-bond acceptors (Lipinski definition) is 2. The third kappa shape index (κ3) is 4.53. The third-order valence-corrected chi connectivity index (χ3v) is 7.25. The van der Waals surface area contributed by atoms with Crippen LogP contribution in [-0.2, 0) is 5.92 Å². The average Bonchev–Trinajstić information content (AvgIpc) is 3.66. The summed E-state index contributed by atoms with van der Waals surface area (Å²) in [5.41, 5.74) is 2.82. The molecular weight excluding hydrogens is 515 g/mol. The maximum Gasteiger partial charge on any atom is 0.300 e. The van der Waals surface area contributed by atoms with Crippen LogP contribution in [0.5, 0.6) is 0 Å². The first-order valence-corrected chi connectivity index (χ1v) is 12.5. The second-order valence-electron chi connectivity index (χ2n) is 9.75. The normalized spacial score (nSPS) is 13.6. The standard InChI is InChI=1S/C29H25ClF3N3O2/c1-15-6-4-7-16(2)25(15)22-13-21(23(30)14-24(22)31)27-34-17(3)26(36(27)38)28(37)35-20-9-5-8-19(12-20)29(32,33)18-10-11-18/h4-9,12-14,18,34H,10-11H2,1-3H3,(H,35,37). The summed E-state index contributed by atoms with van der Waals surface area (Å²) in [5, 5.41) is 15.9. The van der Waals surface area contributed by atoms with Gasteiger partial charge in [0.2, 0.25) is 5.69 Å². The minimum atomic E-state index is -2.98. The molecule has 0 bridgehead atoms. The third-order valence-electron chi connectivity index (χ3n) is 6.94. The number of aromatic amines is 1. The van der Waals surface area contributed by atoms with E-state index in [1.807, 2.05) is 32.0 Å². The molecule has 1 saturated carbocycles. The van der Waals surface area contributed by atoms with Crippen LogP contribution in [0.15, 0.2) is 54.6 Å². The first-order valence-electron chi connectivity index (χ1n) is 12.2. The molecule has 0 aliphatic heterocycles. The zero-order valence-electron chi connectivity index (χ0n) is 21.0. The van der Waals surface area contributed by atoms with Gasteiger partial charge in [-0.2, -0.15) is 0 Å². The Kier molecular flexibility index (Phi) is 6.47. The molecule has 9 heteroatoms. The molecule has 38 heavy (non-hydrogen) atoms. The van der Waals surface area contributed by atoms with Gasteiger partial charge in [-0.25, -0.2) is 22.9 Å². The van der Waals surface area contributed by atoms with E-state index in [4.69, 9.17) is 11.6 Å². The van der Waals surface area contributed by atoms with E-state index in [1.54, 1.807) is 0 Å². The number of aromatic nitrogens is 2. The zero-order valence-corrected chi connectivity index (χ0v) is 21.7. The first kappa shape index (κ1) is 25.9. The number of rotatable bonds is 6. The van der Waals surface area contributed by atoms with Gasteiger partial charge in [-0.1, -0.05) is 41.9 Å². The first-order chi connectivity index (χ1) is 18.0. The smallest absolute Gasteiger partial charge is 0.300 e. The van der Waals surface area contributed by atoms with E-state index in [1.165, 1.54) is 37.3 Å². The van der Waals surface area contributed by atoms with E-state index in [2.05, 4.69) is 10.3 Å². The molecule has 0 atom stereocenters. The lowest BCUT2D eigenvalue weighted by molar-refractivity contribution is -0.594. The number of aryl methyl sites for hydroxylation is 3. The number of anilines is 1. The molecule has 3 aromatic carbocycles. The number of hydrogen-bond donors (Lipinski definition) is 2. The molecule has 1 fully saturated rings. The predicted molar refractivity (Wildman–Crippen MR) is 141 cm³/mol. The molecule has 1 amide bonds. The number of nitrogens with one attached hydrogen (secondary N) is 2. The molecule has 4 aromatic rings. The largest absolute Gasteiger partial charge is 0.710 e. The van der Waals surface area contributed by atoms with Gasteiger partial charge in [-0.3, -0.25) is 4.79 Å². The van der Waals surface area contributed by atoms with Crippen LogP contribution < -0.4 is 10.0 Å². The summed E-state index contributed by atoms with van der Waals surface area (Å²) in [6, 6.07) is 13.7. The maximum absolute atomic E-state index is 15.0. The van der Waals surface area contributed by atoms with Crippen molar-refractivity contribution in [1.82, 2.24) is 4.98 Å². The quantitative estimate of drug-likeness (QED) is 0.197. The van der Waals surface area contributed by atoms with E-state index in [9.17, 15) is 18.8 Å². The molecule has 2 N–H and O–H groups in total. The number of amides is 1. The van der Waals surface area contributed by atoms with E-state index >= 15 is 4.39 Å². The van der Waals surface area contributed by atoms with Gasteiger partial charge in [0, 0.05) is 29.7 Å². The fourth-order valence-corrected chi connectivity index (χ4v) is 5.07. The molecule has 1 aromatic heterocycles. The summed E-state index contributed by atoms with van der Waals surface area (Å²) in [6.45, 7) is 5.26. The highest BCUT2D eigenvalue weighted by atomic mass is 35.5. The van der Waals surface area contributed by atoms with Gasteiger partial charge in [-0.05, 0) is 67.6 Å². The van der Waals surface area contributed by atoms with Crippen molar-refractivity contribution in [2.75, 3.05) is 5.32 Å². The van der Waals surface area contributed by atoms with Crippen molar-refractivity contribution in [2.45, 2.75) is 39.5 Å². The van der Waals surface area contributed by atoms with E-state index in [0.717, 1.165) is 17.2 Å². The number of nitrogens with zero attached hydrogens (tertiary/aromatic N) is 1. The Balaban J connectivity index is 1.50. The summed E-state index contributed by atoms with van der Waals surface area (Å²) in [5.74, 6) is -5.04. The summed E-state index contributed by atoms with van der Waals surface area (Å²) < 4.78 is 44.5. The van der Waals surface area contributed by atoms with E-state index in [0.29, 0.717) is 23.1 Å². The number of alkyl halides is 2. The lowest BCUT2D eigenvalue weighted by atomic mass is 9.94. The Labute approximate surface area is 222 Å². The van der Waals surface area contributed by atoms with Crippen LogP contribution in [0, 0.1) is 37.7 Å². The van der Waals surface area contributed by atoms with Gasteiger partial charge < -0.3 is 10.5 Å². The van der Waals surface area contributed by atoms with Crippen molar-refractivity contribution in [1.29, 1.82) is 0 Å². The minimum absolute atomic E-state index is 0.00898. The topological polar surface area (TPSA) is 71.8 Å². The second kappa shape index (κ2) is 9.51. The Morgan fingerprint density at radius 3 is 2.37 bits per heavy atom. The van der Waals surface area contributed by atoms with Crippen LogP contribution >= 0.6 is 11.6 Å². The molecule has 196 valence electrons. The van der Waals surface area contributed by atoms with Crippen molar-refractivity contribution >= 4 is 23.2 Å². The van der Waals surface area contributed by atoms with Gasteiger partial charge in [0.15, 0.2) is 5.69 Å². The van der Waals surface area contributed by atoms with Gasteiger partial charge in [0.1, 0.15) is 5.82 Å². The number of halogens is 4.